The third kappa shape index (κ3) is 3.70. The molecule has 1 saturated carbocycles. The summed E-state index contributed by atoms with van der Waals surface area (Å²) in [4.78, 5) is 4.86. The molecule has 1 N–H and O–H groups in total. The SMILES string of the molecule is CC1CCCC(N=Cc2cccc(C(C)(C)c3ccccc3)c2O)C1C. The second kappa shape index (κ2) is 7.65. The summed E-state index contributed by atoms with van der Waals surface area (Å²) < 4.78 is 0. The van der Waals surface area contributed by atoms with Crippen LogP contribution in [0.3, 0.4) is 0 Å². The molecule has 3 unspecified atom stereocenters. The molecule has 3 rings (SSSR count). The fourth-order valence-electron chi connectivity index (χ4n) is 4.12. The van der Waals surface area contributed by atoms with Crippen molar-refractivity contribution in [1.29, 1.82) is 0 Å². The third-order valence-corrected chi connectivity index (χ3v) is 6.30. The van der Waals surface area contributed by atoms with E-state index in [1.54, 1.807) is 0 Å². The van der Waals surface area contributed by atoms with Gasteiger partial charge in [-0.15, -0.1) is 0 Å². The van der Waals surface area contributed by atoms with Gasteiger partial charge in [0.2, 0.25) is 0 Å². The van der Waals surface area contributed by atoms with Crippen molar-refractivity contribution >= 4 is 6.21 Å². The summed E-state index contributed by atoms with van der Waals surface area (Å²) in [7, 11) is 0. The van der Waals surface area contributed by atoms with Crippen LogP contribution in [-0.2, 0) is 5.41 Å². The molecule has 0 heterocycles. The number of phenolic OH excluding ortho intramolecular Hbond substituents is 1. The Balaban J connectivity index is 1.89. The molecular formula is C24H31NO. The summed E-state index contributed by atoms with van der Waals surface area (Å²) in [5.74, 6) is 1.68. The van der Waals surface area contributed by atoms with Crippen molar-refractivity contribution in [1.82, 2.24) is 0 Å². The van der Waals surface area contributed by atoms with E-state index in [9.17, 15) is 5.11 Å². The van der Waals surface area contributed by atoms with E-state index in [2.05, 4.69) is 39.8 Å². The summed E-state index contributed by atoms with van der Waals surface area (Å²) in [5.41, 5.74) is 2.69. The second-order valence-electron chi connectivity index (χ2n) is 8.35. The van der Waals surface area contributed by atoms with Gasteiger partial charge in [-0.1, -0.05) is 83.0 Å². The van der Waals surface area contributed by atoms with Gasteiger partial charge >= 0.3 is 0 Å². The van der Waals surface area contributed by atoms with Crippen molar-refractivity contribution in [2.75, 3.05) is 0 Å². The molecule has 2 nitrogen and oxygen atoms in total. The zero-order valence-corrected chi connectivity index (χ0v) is 16.4. The Labute approximate surface area is 158 Å². The highest BCUT2D eigenvalue weighted by Gasteiger charge is 2.28. The first-order chi connectivity index (χ1) is 12.4. The molecule has 1 aliphatic rings. The smallest absolute Gasteiger partial charge is 0.128 e. The predicted octanol–water partition coefficient (Wildman–Crippen LogP) is 5.96. The highest BCUT2D eigenvalue weighted by atomic mass is 16.3. The number of benzene rings is 2. The molecule has 26 heavy (non-hydrogen) atoms. The van der Waals surface area contributed by atoms with Gasteiger partial charge in [-0.05, 0) is 29.9 Å². The quantitative estimate of drug-likeness (QED) is 0.678. The fourth-order valence-corrected chi connectivity index (χ4v) is 4.12. The van der Waals surface area contributed by atoms with Gasteiger partial charge in [0.1, 0.15) is 5.75 Å². The summed E-state index contributed by atoms with van der Waals surface area (Å²) >= 11 is 0. The van der Waals surface area contributed by atoms with Crippen molar-refractivity contribution in [3.05, 3.63) is 65.2 Å². The van der Waals surface area contributed by atoms with Gasteiger partial charge in [-0.2, -0.15) is 0 Å². The zero-order chi connectivity index (χ0) is 18.7. The molecule has 0 bridgehead atoms. The van der Waals surface area contributed by atoms with Gasteiger partial charge in [-0.25, -0.2) is 0 Å². The summed E-state index contributed by atoms with van der Waals surface area (Å²) in [5, 5.41) is 10.9. The largest absolute Gasteiger partial charge is 0.507 e. The Morgan fingerprint density at radius 1 is 1.00 bits per heavy atom. The van der Waals surface area contributed by atoms with E-state index >= 15 is 0 Å². The Morgan fingerprint density at radius 3 is 2.46 bits per heavy atom. The number of phenols is 1. The van der Waals surface area contributed by atoms with E-state index in [0.717, 1.165) is 23.5 Å². The highest BCUT2D eigenvalue weighted by molar-refractivity contribution is 5.84. The maximum Gasteiger partial charge on any atom is 0.128 e. The predicted molar refractivity (Wildman–Crippen MR) is 110 cm³/mol. The molecule has 2 aromatic rings. The van der Waals surface area contributed by atoms with Gasteiger partial charge in [0, 0.05) is 22.8 Å². The Morgan fingerprint density at radius 2 is 1.73 bits per heavy atom. The molecule has 1 aliphatic carbocycles. The second-order valence-corrected chi connectivity index (χ2v) is 8.35. The maximum atomic E-state index is 10.9. The Kier molecular flexibility index (Phi) is 5.50. The van der Waals surface area contributed by atoms with Crippen molar-refractivity contribution in [3.8, 4) is 5.75 Å². The number of hydrogen-bond donors (Lipinski definition) is 1. The molecule has 3 atom stereocenters. The average Bonchev–Trinajstić information content (AvgIpc) is 2.64. The lowest BCUT2D eigenvalue weighted by molar-refractivity contribution is 0.242. The summed E-state index contributed by atoms with van der Waals surface area (Å²) in [6, 6.07) is 16.7. The number of nitrogens with zero attached hydrogens (tertiary/aromatic N) is 1. The number of aliphatic imine (C=N–C) groups is 1. The van der Waals surface area contributed by atoms with Crippen LogP contribution in [0.25, 0.3) is 0 Å². The van der Waals surface area contributed by atoms with Crippen LogP contribution in [0.1, 0.15) is 63.6 Å². The van der Waals surface area contributed by atoms with E-state index in [4.69, 9.17) is 4.99 Å². The maximum absolute atomic E-state index is 10.9. The Bertz CT molecular complexity index is 763. The van der Waals surface area contributed by atoms with Crippen LogP contribution >= 0.6 is 0 Å². The fraction of sp³-hybridized carbons (Fsp3) is 0.458. The number of rotatable bonds is 4. The summed E-state index contributed by atoms with van der Waals surface area (Å²) in [6.45, 7) is 8.94. The summed E-state index contributed by atoms with van der Waals surface area (Å²) in [6.07, 6.45) is 5.59. The molecule has 0 amide bonds. The first kappa shape index (κ1) is 18.7. The van der Waals surface area contributed by atoms with Crippen molar-refractivity contribution in [2.24, 2.45) is 16.8 Å². The first-order valence-corrected chi connectivity index (χ1v) is 9.82. The van der Waals surface area contributed by atoms with Crippen LogP contribution in [0, 0.1) is 11.8 Å². The normalized spacial score (nSPS) is 24.1. The molecule has 2 aromatic carbocycles. The van der Waals surface area contributed by atoms with E-state index in [1.807, 2.05) is 42.6 Å². The van der Waals surface area contributed by atoms with Crippen LogP contribution < -0.4 is 0 Å². The van der Waals surface area contributed by atoms with E-state index < -0.39 is 0 Å². The molecule has 0 saturated heterocycles. The lowest BCUT2D eigenvalue weighted by Crippen LogP contribution is -2.27. The van der Waals surface area contributed by atoms with Crippen molar-refractivity contribution in [3.63, 3.8) is 0 Å². The van der Waals surface area contributed by atoms with Crippen LogP contribution in [-0.4, -0.2) is 17.4 Å². The molecule has 1 fully saturated rings. The van der Waals surface area contributed by atoms with Crippen LogP contribution in [0.4, 0.5) is 0 Å². The van der Waals surface area contributed by atoms with E-state index in [0.29, 0.717) is 17.7 Å². The molecule has 2 heteroatoms. The van der Waals surface area contributed by atoms with Crippen molar-refractivity contribution < 1.29 is 5.11 Å². The topological polar surface area (TPSA) is 32.6 Å². The molecule has 0 aliphatic heterocycles. The van der Waals surface area contributed by atoms with E-state index in [-0.39, 0.29) is 5.41 Å². The zero-order valence-electron chi connectivity index (χ0n) is 16.4. The molecular weight excluding hydrogens is 318 g/mol. The standard InChI is InChI=1S/C24H31NO/c1-17-10-8-15-22(18(17)2)25-16-19-11-9-14-21(23(19)26)24(3,4)20-12-6-5-7-13-20/h5-7,9,11-14,16-18,22,26H,8,10,15H2,1-4H3. The Hall–Kier alpha value is -2.09. The lowest BCUT2D eigenvalue weighted by atomic mass is 9.77. The number of aromatic hydroxyl groups is 1. The lowest BCUT2D eigenvalue weighted by Gasteiger charge is -2.31. The average molecular weight is 350 g/mol. The van der Waals surface area contributed by atoms with Crippen LogP contribution in [0.15, 0.2) is 53.5 Å². The number of hydrogen-bond acceptors (Lipinski definition) is 2. The minimum Gasteiger partial charge on any atom is -0.507 e. The minimum absolute atomic E-state index is 0.262. The minimum atomic E-state index is -0.262. The van der Waals surface area contributed by atoms with Gasteiger partial charge in [0.05, 0.1) is 6.04 Å². The monoisotopic (exact) mass is 349 g/mol. The van der Waals surface area contributed by atoms with Crippen LogP contribution in [0.2, 0.25) is 0 Å². The molecule has 0 aromatic heterocycles. The highest BCUT2D eigenvalue weighted by Crippen LogP contribution is 2.38. The third-order valence-electron chi connectivity index (χ3n) is 6.30. The number of para-hydroxylation sites is 1. The van der Waals surface area contributed by atoms with Gasteiger partial charge in [0.15, 0.2) is 0 Å². The molecule has 0 spiro atoms. The van der Waals surface area contributed by atoms with E-state index in [1.165, 1.54) is 18.4 Å². The van der Waals surface area contributed by atoms with Crippen LogP contribution in [0.5, 0.6) is 5.75 Å². The first-order valence-electron chi connectivity index (χ1n) is 9.82. The van der Waals surface area contributed by atoms with Crippen molar-refractivity contribution in [2.45, 2.75) is 58.4 Å². The van der Waals surface area contributed by atoms with Gasteiger partial charge < -0.3 is 5.11 Å². The van der Waals surface area contributed by atoms with Gasteiger partial charge in [0.25, 0.3) is 0 Å². The molecule has 0 radical (unpaired) electrons. The van der Waals surface area contributed by atoms with Gasteiger partial charge in [-0.3, -0.25) is 4.99 Å². The molecule has 138 valence electrons.